The van der Waals surface area contributed by atoms with Gasteiger partial charge >= 0.3 is 5.69 Å². The summed E-state index contributed by atoms with van der Waals surface area (Å²) in [5, 5.41) is 4.22. The number of rotatable bonds is 10. The summed E-state index contributed by atoms with van der Waals surface area (Å²) >= 11 is 0. The summed E-state index contributed by atoms with van der Waals surface area (Å²) in [4.78, 5) is 54.6. The number of amides is 1. The van der Waals surface area contributed by atoms with Crippen LogP contribution in [-0.4, -0.2) is 38.4 Å². The van der Waals surface area contributed by atoms with Crippen molar-refractivity contribution in [2.24, 2.45) is 11.8 Å². The molecule has 0 aliphatic rings. The average molecular weight is 497 g/mol. The number of para-hydroxylation sites is 1. The predicted molar refractivity (Wildman–Crippen MR) is 138 cm³/mol. The second kappa shape index (κ2) is 11.5. The second-order valence-corrected chi connectivity index (χ2v) is 9.25. The van der Waals surface area contributed by atoms with Crippen LogP contribution in [0.1, 0.15) is 38.2 Å². The van der Waals surface area contributed by atoms with Gasteiger partial charge in [0.25, 0.3) is 17.0 Å². The van der Waals surface area contributed by atoms with Crippen molar-refractivity contribution in [3.8, 4) is 5.75 Å². The number of nitrogens with zero attached hydrogens (tertiary/aromatic N) is 4. The molecule has 0 aliphatic heterocycles. The van der Waals surface area contributed by atoms with E-state index in [0.717, 1.165) is 4.68 Å². The summed E-state index contributed by atoms with van der Waals surface area (Å²) < 4.78 is 8.02. The van der Waals surface area contributed by atoms with Crippen LogP contribution in [-0.2, 0) is 13.1 Å². The molecule has 3 N–H and O–H groups in total. The van der Waals surface area contributed by atoms with Gasteiger partial charge in [0.05, 0.1) is 6.54 Å². The molecule has 36 heavy (non-hydrogen) atoms. The lowest BCUT2D eigenvalue weighted by Gasteiger charge is -2.26. The van der Waals surface area contributed by atoms with Gasteiger partial charge in [-0.1, -0.05) is 45.9 Å². The molecular weight excluding hydrogens is 464 g/mol. The van der Waals surface area contributed by atoms with Crippen LogP contribution in [0.15, 0.2) is 56.8 Å². The Bertz CT molecular complexity index is 1370. The predicted octanol–water partition coefficient (Wildman–Crippen LogP) is 1.71. The lowest BCUT2D eigenvalue weighted by molar-refractivity contribution is 0.0975. The maximum Gasteiger partial charge on any atom is 0.330 e. The molecule has 2 aromatic heterocycles. The first-order valence-corrected chi connectivity index (χ1v) is 11.8. The fraction of sp³-hybridized carbons (Fsp3) is 0.400. The Balaban J connectivity index is 1.96. The van der Waals surface area contributed by atoms with Crippen molar-refractivity contribution in [1.29, 1.82) is 0 Å². The Morgan fingerprint density at radius 1 is 1.06 bits per heavy atom. The van der Waals surface area contributed by atoms with E-state index in [2.05, 4.69) is 10.1 Å². The molecule has 0 radical (unpaired) electrons. The number of H-pyrrole nitrogens is 1. The molecule has 3 aromatic rings. The molecule has 11 nitrogen and oxygen atoms in total. The number of nitrogens with two attached hydrogens (primary N) is 1. The van der Waals surface area contributed by atoms with E-state index in [1.807, 2.05) is 45.9 Å². The number of ether oxygens (including phenoxy) is 1. The number of anilines is 2. The summed E-state index contributed by atoms with van der Waals surface area (Å²) in [5.74, 6) is -0.0405. The van der Waals surface area contributed by atoms with Gasteiger partial charge in [-0.25, -0.2) is 9.48 Å². The lowest BCUT2D eigenvalue weighted by atomic mass is 10.1. The summed E-state index contributed by atoms with van der Waals surface area (Å²) in [6, 6.07) is 11.7. The van der Waals surface area contributed by atoms with E-state index in [-0.39, 0.29) is 55.3 Å². The van der Waals surface area contributed by atoms with Crippen LogP contribution >= 0.6 is 0 Å². The number of nitrogens with one attached hydrogen (secondary N) is 1. The molecule has 1 amide bonds. The minimum absolute atomic E-state index is 0.0385. The Kier molecular flexibility index (Phi) is 8.46. The number of benzene rings is 1. The van der Waals surface area contributed by atoms with Crippen LogP contribution in [0.25, 0.3) is 0 Å². The smallest absolute Gasteiger partial charge is 0.330 e. The van der Waals surface area contributed by atoms with E-state index >= 15 is 0 Å². The Labute approximate surface area is 208 Å². The van der Waals surface area contributed by atoms with E-state index in [9.17, 15) is 19.2 Å². The van der Waals surface area contributed by atoms with Crippen molar-refractivity contribution in [2.75, 3.05) is 23.8 Å². The summed E-state index contributed by atoms with van der Waals surface area (Å²) in [6.45, 7) is 8.25. The zero-order valence-corrected chi connectivity index (χ0v) is 20.9. The SMILES string of the molecule is CC(C)CN(C(=O)c1ccc(=O)n(CCOc2ccccc2)n1)c1c(N)n(CC(C)C)c(=O)[nH]c1=O. The first-order valence-electron chi connectivity index (χ1n) is 11.8. The number of aromatic nitrogens is 4. The van der Waals surface area contributed by atoms with Gasteiger partial charge in [-0.05, 0) is 30.0 Å². The monoisotopic (exact) mass is 496 g/mol. The first kappa shape index (κ1) is 26.5. The highest BCUT2D eigenvalue weighted by atomic mass is 16.5. The van der Waals surface area contributed by atoms with Crippen LogP contribution in [0.5, 0.6) is 5.75 Å². The molecule has 0 spiro atoms. The van der Waals surface area contributed by atoms with Gasteiger partial charge < -0.3 is 10.5 Å². The molecule has 0 unspecified atom stereocenters. The maximum atomic E-state index is 13.6. The average Bonchev–Trinajstić information content (AvgIpc) is 2.82. The number of aromatic amines is 1. The van der Waals surface area contributed by atoms with Gasteiger partial charge in [0.1, 0.15) is 23.9 Å². The number of hydrogen-bond acceptors (Lipinski definition) is 7. The Morgan fingerprint density at radius 3 is 2.39 bits per heavy atom. The summed E-state index contributed by atoms with van der Waals surface area (Å²) in [7, 11) is 0. The van der Waals surface area contributed by atoms with Crippen LogP contribution in [0.3, 0.4) is 0 Å². The van der Waals surface area contributed by atoms with E-state index < -0.39 is 22.7 Å². The largest absolute Gasteiger partial charge is 0.492 e. The molecule has 0 atom stereocenters. The second-order valence-electron chi connectivity index (χ2n) is 9.25. The van der Waals surface area contributed by atoms with Crippen LogP contribution in [0.2, 0.25) is 0 Å². The molecule has 0 aliphatic carbocycles. The molecule has 3 rings (SSSR count). The van der Waals surface area contributed by atoms with Crippen molar-refractivity contribution in [3.05, 3.63) is 79.4 Å². The van der Waals surface area contributed by atoms with Crippen molar-refractivity contribution in [2.45, 2.75) is 40.8 Å². The van der Waals surface area contributed by atoms with Gasteiger partial charge in [0, 0.05) is 19.2 Å². The number of hydrogen-bond donors (Lipinski definition) is 2. The molecule has 1 aromatic carbocycles. The standard InChI is InChI=1S/C25H32N6O5/c1-16(2)14-29(21-22(26)30(15-17(3)4)25(35)27-23(21)33)24(34)19-10-11-20(32)31(28-19)12-13-36-18-8-6-5-7-9-18/h5-11,16-17H,12-15,26H2,1-4H3,(H,27,33,35). The number of nitrogen functional groups attached to an aromatic ring is 1. The highest BCUT2D eigenvalue weighted by molar-refractivity contribution is 6.05. The minimum atomic E-state index is -0.768. The van der Waals surface area contributed by atoms with E-state index in [0.29, 0.717) is 5.75 Å². The van der Waals surface area contributed by atoms with Crippen LogP contribution in [0.4, 0.5) is 11.5 Å². The zero-order valence-electron chi connectivity index (χ0n) is 20.9. The van der Waals surface area contributed by atoms with Gasteiger partial charge in [-0.2, -0.15) is 5.10 Å². The zero-order chi connectivity index (χ0) is 26.4. The van der Waals surface area contributed by atoms with Gasteiger partial charge in [0.2, 0.25) is 0 Å². The van der Waals surface area contributed by atoms with E-state index in [1.165, 1.54) is 21.6 Å². The lowest BCUT2D eigenvalue weighted by Crippen LogP contribution is -2.43. The van der Waals surface area contributed by atoms with Crippen molar-refractivity contribution in [1.82, 2.24) is 19.3 Å². The van der Waals surface area contributed by atoms with Gasteiger partial charge in [-0.3, -0.25) is 28.8 Å². The van der Waals surface area contributed by atoms with E-state index in [4.69, 9.17) is 10.5 Å². The molecule has 0 saturated carbocycles. The third-order valence-electron chi connectivity index (χ3n) is 5.23. The van der Waals surface area contributed by atoms with Gasteiger partial charge in [0.15, 0.2) is 5.69 Å². The minimum Gasteiger partial charge on any atom is -0.492 e. The Hall–Kier alpha value is -4.15. The maximum absolute atomic E-state index is 13.6. The molecule has 11 heteroatoms. The molecule has 2 heterocycles. The molecule has 0 saturated heterocycles. The fourth-order valence-corrected chi connectivity index (χ4v) is 3.65. The highest BCUT2D eigenvalue weighted by Crippen LogP contribution is 2.21. The van der Waals surface area contributed by atoms with Crippen molar-refractivity contribution < 1.29 is 9.53 Å². The number of carbonyl (C=O) groups is 1. The molecule has 0 bridgehead atoms. The summed E-state index contributed by atoms with van der Waals surface area (Å²) in [6.07, 6.45) is 0. The van der Waals surface area contributed by atoms with Crippen LogP contribution in [0, 0.1) is 11.8 Å². The Morgan fingerprint density at radius 2 is 1.75 bits per heavy atom. The topological polar surface area (TPSA) is 145 Å². The normalized spacial score (nSPS) is 11.2. The van der Waals surface area contributed by atoms with Crippen molar-refractivity contribution >= 4 is 17.4 Å². The quantitative estimate of drug-likeness (QED) is 0.435. The number of carbonyl (C=O) groups excluding carboxylic acids is 1. The van der Waals surface area contributed by atoms with Crippen LogP contribution < -0.4 is 32.2 Å². The third kappa shape index (κ3) is 6.29. The van der Waals surface area contributed by atoms with Gasteiger partial charge in [-0.15, -0.1) is 0 Å². The first-order chi connectivity index (χ1) is 17.1. The molecule has 0 fully saturated rings. The fourth-order valence-electron chi connectivity index (χ4n) is 3.65. The van der Waals surface area contributed by atoms with E-state index in [1.54, 1.807) is 12.1 Å². The summed E-state index contributed by atoms with van der Waals surface area (Å²) in [5.41, 5.74) is 4.28. The third-order valence-corrected chi connectivity index (χ3v) is 5.23. The molecular formula is C25H32N6O5. The molecule has 192 valence electrons. The highest BCUT2D eigenvalue weighted by Gasteiger charge is 2.27. The van der Waals surface area contributed by atoms with Crippen molar-refractivity contribution in [3.63, 3.8) is 0 Å².